The molecule has 4 rings (SSSR count). The molecule has 0 aromatic heterocycles. The largest absolute Gasteiger partial charge is 0.445 e. The van der Waals surface area contributed by atoms with Gasteiger partial charge in [0.1, 0.15) is 12.4 Å². The molecule has 2 aromatic carbocycles. The van der Waals surface area contributed by atoms with E-state index in [1.165, 1.54) is 0 Å². The van der Waals surface area contributed by atoms with E-state index >= 15 is 0 Å². The molecule has 2 heterocycles. The van der Waals surface area contributed by atoms with Gasteiger partial charge < -0.3 is 14.7 Å². The fraction of sp³-hybridized carbons (Fsp3) is 0.435. The first kappa shape index (κ1) is 18.9. The molecule has 2 saturated heterocycles. The number of fused-ring (bicyclic) bond motifs is 2. The molecule has 2 unspecified atom stereocenters. The molecule has 148 valence electrons. The number of carbonyl (C=O) groups is 1. The summed E-state index contributed by atoms with van der Waals surface area (Å²) in [6.45, 7) is 1.94. The average Bonchev–Trinajstić information content (AvgIpc) is 2.68. The molecule has 0 radical (unpaired) electrons. The zero-order chi connectivity index (χ0) is 19.7. The summed E-state index contributed by atoms with van der Waals surface area (Å²) in [7, 11) is 0. The van der Waals surface area contributed by atoms with Gasteiger partial charge in [-0.25, -0.2) is 9.18 Å². The molecule has 2 atom stereocenters. The molecule has 0 saturated carbocycles. The van der Waals surface area contributed by atoms with E-state index in [1.807, 2.05) is 30.3 Å². The van der Waals surface area contributed by atoms with Crippen LogP contribution in [0.25, 0.3) is 0 Å². The van der Waals surface area contributed by atoms with E-state index < -0.39 is 5.60 Å². The SMILES string of the molecule is Cc1cccc(C2(O)CC3CCCC(C2)N3C(=O)OCc2ccccc2)c1F. The van der Waals surface area contributed by atoms with Crippen molar-refractivity contribution >= 4 is 6.09 Å². The van der Waals surface area contributed by atoms with E-state index in [2.05, 4.69) is 0 Å². The molecule has 1 amide bonds. The average molecular weight is 383 g/mol. The number of benzene rings is 2. The zero-order valence-electron chi connectivity index (χ0n) is 16.1. The highest BCUT2D eigenvalue weighted by Gasteiger charge is 2.49. The maximum absolute atomic E-state index is 14.7. The first-order valence-corrected chi connectivity index (χ1v) is 9.95. The molecule has 0 aliphatic carbocycles. The highest BCUT2D eigenvalue weighted by atomic mass is 19.1. The number of hydrogen-bond acceptors (Lipinski definition) is 3. The lowest BCUT2D eigenvalue weighted by molar-refractivity contribution is -0.0912. The predicted molar refractivity (Wildman–Crippen MR) is 104 cm³/mol. The third-order valence-electron chi connectivity index (χ3n) is 6.12. The summed E-state index contributed by atoms with van der Waals surface area (Å²) in [5.74, 6) is -0.344. The number of ether oxygens (including phenoxy) is 1. The maximum Gasteiger partial charge on any atom is 0.410 e. The molecule has 2 fully saturated rings. The molecule has 0 spiro atoms. The predicted octanol–water partition coefficient (Wildman–Crippen LogP) is 4.68. The number of carbonyl (C=O) groups excluding carboxylic acids is 1. The second kappa shape index (κ2) is 7.55. The summed E-state index contributed by atoms with van der Waals surface area (Å²) in [6.07, 6.45) is 2.93. The smallest absolute Gasteiger partial charge is 0.410 e. The van der Waals surface area contributed by atoms with Crippen LogP contribution >= 0.6 is 0 Å². The number of halogens is 1. The molecular weight excluding hydrogens is 357 g/mol. The number of aryl methyl sites for hydroxylation is 1. The Morgan fingerprint density at radius 3 is 2.50 bits per heavy atom. The van der Waals surface area contributed by atoms with Crippen molar-refractivity contribution in [3.63, 3.8) is 0 Å². The number of amides is 1. The van der Waals surface area contributed by atoms with E-state index in [0.29, 0.717) is 24.0 Å². The summed E-state index contributed by atoms with van der Waals surface area (Å²) in [5, 5.41) is 11.3. The lowest BCUT2D eigenvalue weighted by Crippen LogP contribution is -2.59. The van der Waals surface area contributed by atoms with E-state index in [0.717, 1.165) is 24.8 Å². The Kier molecular flexibility index (Phi) is 5.11. The fourth-order valence-corrected chi connectivity index (χ4v) is 4.75. The van der Waals surface area contributed by atoms with Crippen LogP contribution in [0.3, 0.4) is 0 Å². The summed E-state index contributed by atoms with van der Waals surface area (Å²) in [4.78, 5) is 14.6. The van der Waals surface area contributed by atoms with Crippen LogP contribution in [0.15, 0.2) is 48.5 Å². The van der Waals surface area contributed by atoms with Crippen LogP contribution in [0.1, 0.15) is 48.8 Å². The van der Waals surface area contributed by atoms with Crippen LogP contribution in [-0.2, 0) is 16.9 Å². The molecule has 2 aliphatic rings. The van der Waals surface area contributed by atoms with Crippen molar-refractivity contribution in [2.45, 2.75) is 63.3 Å². The van der Waals surface area contributed by atoms with Gasteiger partial charge in [0.2, 0.25) is 0 Å². The van der Waals surface area contributed by atoms with Crippen LogP contribution in [0, 0.1) is 12.7 Å². The van der Waals surface area contributed by atoms with Crippen molar-refractivity contribution < 1.29 is 19.0 Å². The topological polar surface area (TPSA) is 49.8 Å². The second-order valence-corrected chi connectivity index (χ2v) is 8.06. The lowest BCUT2D eigenvalue weighted by atomic mass is 9.72. The van der Waals surface area contributed by atoms with Crippen LogP contribution in [-0.4, -0.2) is 28.2 Å². The van der Waals surface area contributed by atoms with Crippen LogP contribution in [0.5, 0.6) is 0 Å². The Hall–Kier alpha value is -2.40. The van der Waals surface area contributed by atoms with Crippen molar-refractivity contribution in [2.24, 2.45) is 0 Å². The quantitative estimate of drug-likeness (QED) is 0.838. The van der Waals surface area contributed by atoms with Crippen LogP contribution in [0.4, 0.5) is 9.18 Å². The minimum absolute atomic E-state index is 0.138. The van der Waals surface area contributed by atoms with Crippen molar-refractivity contribution in [1.29, 1.82) is 0 Å². The molecule has 4 nitrogen and oxygen atoms in total. The molecule has 5 heteroatoms. The van der Waals surface area contributed by atoms with Crippen molar-refractivity contribution in [1.82, 2.24) is 4.90 Å². The zero-order valence-corrected chi connectivity index (χ0v) is 16.1. The summed E-state index contributed by atoms with van der Waals surface area (Å²) in [6, 6.07) is 14.5. The van der Waals surface area contributed by atoms with Gasteiger partial charge in [-0.15, -0.1) is 0 Å². The molecule has 1 N–H and O–H groups in total. The van der Waals surface area contributed by atoms with Gasteiger partial charge in [-0.1, -0.05) is 48.5 Å². The van der Waals surface area contributed by atoms with Crippen molar-refractivity contribution in [3.05, 3.63) is 71.0 Å². The van der Waals surface area contributed by atoms with Gasteiger partial charge in [0.15, 0.2) is 0 Å². The number of rotatable bonds is 3. The first-order chi connectivity index (χ1) is 13.5. The Bertz CT molecular complexity index is 840. The number of hydrogen-bond donors (Lipinski definition) is 1. The standard InChI is InChI=1S/C23H26FNO3/c1-16-7-5-12-20(21(16)24)23(27)13-18-10-6-11-19(14-23)25(18)22(26)28-15-17-8-3-2-4-9-17/h2-5,7-9,12,18-19,27H,6,10-11,13-15H2,1H3. The van der Waals surface area contributed by atoms with E-state index in [1.54, 1.807) is 30.0 Å². The lowest BCUT2D eigenvalue weighted by Gasteiger charge is -2.51. The third kappa shape index (κ3) is 3.51. The molecule has 2 aromatic rings. The number of piperidine rings is 2. The molecule has 2 bridgehead atoms. The van der Waals surface area contributed by atoms with Gasteiger partial charge in [0, 0.05) is 30.5 Å². The van der Waals surface area contributed by atoms with Gasteiger partial charge in [-0.05, 0) is 37.3 Å². The summed E-state index contributed by atoms with van der Waals surface area (Å²) < 4.78 is 20.3. The first-order valence-electron chi connectivity index (χ1n) is 9.95. The van der Waals surface area contributed by atoms with Gasteiger partial charge in [0.25, 0.3) is 0 Å². The van der Waals surface area contributed by atoms with E-state index in [-0.39, 0.29) is 30.6 Å². The van der Waals surface area contributed by atoms with Crippen molar-refractivity contribution in [3.8, 4) is 0 Å². The molecule has 2 aliphatic heterocycles. The fourth-order valence-electron chi connectivity index (χ4n) is 4.75. The molecule has 28 heavy (non-hydrogen) atoms. The van der Waals surface area contributed by atoms with Gasteiger partial charge in [-0.2, -0.15) is 0 Å². The summed E-state index contributed by atoms with van der Waals surface area (Å²) >= 11 is 0. The Morgan fingerprint density at radius 2 is 1.82 bits per heavy atom. The molecular formula is C23H26FNO3. The maximum atomic E-state index is 14.7. The third-order valence-corrected chi connectivity index (χ3v) is 6.12. The Labute approximate surface area is 164 Å². The highest BCUT2D eigenvalue weighted by Crippen LogP contribution is 2.45. The minimum atomic E-state index is -1.25. The normalized spacial score (nSPS) is 26.8. The highest BCUT2D eigenvalue weighted by molar-refractivity contribution is 5.69. The van der Waals surface area contributed by atoms with E-state index in [4.69, 9.17) is 4.74 Å². The number of aliphatic hydroxyl groups is 1. The Morgan fingerprint density at radius 1 is 1.14 bits per heavy atom. The van der Waals surface area contributed by atoms with Gasteiger partial charge >= 0.3 is 6.09 Å². The van der Waals surface area contributed by atoms with E-state index in [9.17, 15) is 14.3 Å². The summed E-state index contributed by atoms with van der Waals surface area (Å²) in [5.41, 5.74) is 0.570. The monoisotopic (exact) mass is 383 g/mol. The van der Waals surface area contributed by atoms with Crippen molar-refractivity contribution in [2.75, 3.05) is 0 Å². The van der Waals surface area contributed by atoms with Crippen LogP contribution in [0.2, 0.25) is 0 Å². The Balaban J connectivity index is 1.52. The van der Waals surface area contributed by atoms with Gasteiger partial charge in [0.05, 0.1) is 5.60 Å². The second-order valence-electron chi connectivity index (χ2n) is 8.06. The van der Waals surface area contributed by atoms with Gasteiger partial charge in [-0.3, -0.25) is 0 Å². The van der Waals surface area contributed by atoms with Crippen LogP contribution < -0.4 is 0 Å². The minimum Gasteiger partial charge on any atom is -0.445 e. The number of nitrogens with zero attached hydrogens (tertiary/aromatic N) is 1.